The lowest BCUT2D eigenvalue weighted by atomic mass is 10.1. The molecule has 5 rings (SSSR count). The first-order valence-corrected chi connectivity index (χ1v) is 11.3. The Labute approximate surface area is 187 Å². The Kier molecular flexibility index (Phi) is 5.40. The smallest absolute Gasteiger partial charge is 0.415 e. The molecule has 9 nitrogen and oxygen atoms in total. The van der Waals surface area contributed by atoms with Crippen molar-refractivity contribution in [2.45, 2.75) is 45.1 Å². The number of aromatic nitrogens is 3. The monoisotopic (exact) mass is 436 g/mol. The van der Waals surface area contributed by atoms with Crippen LogP contribution in [0.25, 0.3) is 0 Å². The number of piperazine rings is 1. The third-order valence-corrected chi connectivity index (χ3v) is 6.52. The maximum Gasteiger partial charge on any atom is 0.415 e. The Morgan fingerprint density at radius 1 is 1.09 bits per heavy atom. The van der Waals surface area contributed by atoms with Crippen LogP contribution in [0.15, 0.2) is 24.7 Å². The summed E-state index contributed by atoms with van der Waals surface area (Å²) in [6, 6.07) is 2.20. The molecule has 3 aliphatic rings. The summed E-state index contributed by atoms with van der Waals surface area (Å²) < 4.78 is 5.11. The Balaban J connectivity index is 1.21. The van der Waals surface area contributed by atoms with Crippen molar-refractivity contribution >= 4 is 23.6 Å². The van der Waals surface area contributed by atoms with Gasteiger partial charge in [0.05, 0.1) is 18.4 Å². The van der Waals surface area contributed by atoms with Crippen LogP contribution in [0.1, 0.15) is 53.7 Å². The molecule has 0 spiro atoms. The number of rotatable bonds is 5. The number of amides is 2. The summed E-state index contributed by atoms with van der Waals surface area (Å²) in [5, 5.41) is 0. The Morgan fingerprint density at radius 3 is 2.50 bits per heavy atom. The fraction of sp³-hybridized carbons (Fsp3) is 0.522. The van der Waals surface area contributed by atoms with Gasteiger partial charge in [-0.05, 0) is 43.2 Å². The average Bonchev–Trinajstić information content (AvgIpc) is 3.61. The van der Waals surface area contributed by atoms with Gasteiger partial charge in [-0.25, -0.2) is 19.7 Å². The number of carbonyl (C=O) groups excluding carboxylic acids is 2. The molecule has 0 aromatic carbocycles. The maximum atomic E-state index is 12.9. The molecule has 3 fully saturated rings. The average molecular weight is 437 g/mol. The lowest BCUT2D eigenvalue weighted by Crippen LogP contribution is -2.49. The molecule has 9 heteroatoms. The van der Waals surface area contributed by atoms with Crippen LogP contribution < -0.4 is 9.80 Å². The molecular weight excluding hydrogens is 408 g/mol. The van der Waals surface area contributed by atoms with E-state index < -0.39 is 6.09 Å². The molecule has 1 atom stereocenters. The van der Waals surface area contributed by atoms with Crippen molar-refractivity contribution in [3.05, 3.63) is 41.5 Å². The Morgan fingerprint density at radius 2 is 1.88 bits per heavy atom. The molecule has 2 amide bonds. The van der Waals surface area contributed by atoms with Crippen molar-refractivity contribution in [2.75, 3.05) is 42.6 Å². The maximum absolute atomic E-state index is 12.9. The SMILES string of the molecule is CC[C@@H]1COC(=O)N1c1cnc(C(=O)N2CCN(c3ncc(C4CC4)cc3C)CC2)cn1. The molecule has 2 aliphatic heterocycles. The zero-order valence-electron chi connectivity index (χ0n) is 18.5. The van der Waals surface area contributed by atoms with Gasteiger partial charge >= 0.3 is 6.09 Å². The molecule has 4 heterocycles. The Hall–Kier alpha value is -3.23. The number of cyclic esters (lactones) is 1. The van der Waals surface area contributed by atoms with Gasteiger partial charge in [0, 0.05) is 32.4 Å². The van der Waals surface area contributed by atoms with E-state index in [-0.39, 0.29) is 17.6 Å². The minimum Gasteiger partial charge on any atom is -0.447 e. The molecule has 2 aromatic rings. The van der Waals surface area contributed by atoms with Gasteiger partial charge in [0.1, 0.15) is 18.1 Å². The van der Waals surface area contributed by atoms with Gasteiger partial charge in [-0.2, -0.15) is 0 Å². The number of nitrogens with zero attached hydrogens (tertiary/aromatic N) is 6. The molecule has 2 aromatic heterocycles. The minimum absolute atomic E-state index is 0.0539. The molecule has 168 valence electrons. The standard InChI is InChI=1S/C23H28N6O3/c1-3-18-14-32-23(31)29(18)20-13-24-19(12-25-20)22(30)28-8-6-27(7-9-28)21-15(2)10-17(11-26-21)16-4-5-16/h10-13,16,18H,3-9,14H2,1-2H3/t18-/m1/s1. The lowest BCUT2D eigenvalue weighted by Gasteiger charge is -2.36. The fourth-order valence-corrected chi connectivity index (χ4v) is 4.44. The summed E-state index contributed by atoms with van der Waals surface area (Å²) >= 11 is 0. The van der Waals surface area contributed by atoms with Crippen molar-refractivity contribution in [1.29, 1.82) is 0 Å². The van der Waals surface area contributed by atoms with E-state index in [1.165, 1.54) is 41.3 Å². The zero-order valence-corrected chi connectivity index (χ0v) is 18.5. The van der Waals surface area contributed by atoms with E-state index in [4.69, 9.17) is 9.72 Å². The summed E-state index contributed by atoms with van der Waals surface area (Å²) in [6.07, 6.45) is 7.82. The van der Waals surface area contributed by atoms with Gasteiger partial charge < -0.3 is 14.5 Å². The van der Waals surface area contributed by atoms with E-state index in [1.54, 1.807) is 4.90 Å². The number of aryl methyl sites for hydroxylation is 1. The fourth-order valence-electron chi connectivity index (χ4n) is 4.44. The van der Waals surface area contributed by atoms with Crippen LogP contribution in [0, 0.1) is 6.92 Å². The van der Waals surface area contributed by atoms with Crippen LogP contribution in [-0.2, 0) is 4.74 Å². The van der Waals surface area contributed by atoms with Gasteiger partial charge in [0.25, 0.3) is 5.91 Å². The molecule has 0 unspecified atom stereocenters. The molecular formula is C23H28N6O3. The predicted octanol–water partition coefficient (Wildman–Crippen LogP) is 2.76. The third kappa shape index (κ3) is 3.87. The predicted molar refractivity (Wildman–Crippen MR) is 119 cm³/mol. The van der Waals surface area contributed by atoms with Crippen LogP contribution in [0.2, 0.25) is 0 Å². The van der Waals surface area contributed by atoms with Crippen LogP contribution in [0.3, 0.4) is 0 Å². The highest BCUT2D eigenvalue weighted by Gasteiger charge is 2.34. The molecule has 0 bridgehead atoms. The van der Waals surface area contributed by atoms with Crippen LogP contribution >= 0.6 is 0 Å². The summed E-state index contributed by atoms with van der Waals surface area (Å²) in [4.78, 5) is 43.8. The number of carbonyl (C=O) groups is 2. The van der Waals surface area contributed by atoms with Crippen LogP contribution in [0.4, 0.5) is 16.4 Å². The van der Waals surface area contributed by atoms with E-state index in [0.717, 1.165) is 25.3 Å². The molecule has 2 saturated heterocycles. The Bertz CT molecular complexity index is 1010. The van der Waals surface area contributed by atoms with Gasteiger partial charge in [-0.15, -0.1) is 0 Å². The number of hydrogen-bond donors (Lipinski definition) is 0. The second-order valence-electron chi connectivity index (χ2n) is 8.73. The van der Waals surface area contributed by atoms with E-state index in [2.05, 4.69) is 27.9 Å². The summed E-state index contributed by atoms with van der Waals surface area (Å²) in [7, 11) is 0. The second kappa shape index (κ2) is 8.37. The van der Waals surface area contributed by atoms with E-state index >= 15 is 0 Å². The highest BCUT2D eigenvalue weighted by atomic mass is 16.6. The van der Waals surface area contributed by atoms with Gasteiger partial charge in [0.15, 0.2) is 5.82 Å². The highest BCUT2D eigenvalue weighted by molar-refractivity contribution is 5.93. The molecule has 32 heavy (non-hydrogen) atoms. The minimum atomic E-state index is -0.421. The number of anilines is 2. The van der Waals surface area contributed by atoms with E-state index in [0.29, 0.717) is 31.4 Å². The van der Waals surface area contributed by atoms with Crippen molar-refractivity contribution in [1.82, 2.24) is 19.9 Å². The quantitative estimate of drug-likeness (QED) is 0.712. The first-order valence-electron chi connectivity index (χ1n) is 11.3. The molecule has 1 aliphatic carbocycles. The summed E-state index contributed by atoms with van der Waals surface area (Å²) in [5.41, 5.74) is 2.82. The van der Waals surface area contributed by atoms with Crippen LogP contribution in [-0.4, -0.2) is 70.7 Å². The van der Waals surface area contributed by atoms with E-state index in [1.807, 2.05) is 13.1 Å². The van der Waals surface area contributed by atoms with Gasteiger partial charge in [-0.3, -0.25) is 9.69 Å². The van der Waals surface area contributed by atoms with Crippen molar-refractivity contribution < 1.29 is 14.3 Å². The number of ether oxygens (including phenoxy) is 1. The lowest BCUT2D eigenvalue weighted by molar-refractivity contribution is 0.0740. The number of pyridine rings is 1. The zero-order chi connectivity index (χ0) is 22.2. The first kappa shape index (κ1) is 20.7. The topological polar surface area (TPSA) is 91.8 Å². The van der Waals surface area contributed by atoms with E-state index in [9.17, 15) is 9.59 Å². The van der Waals surface area contributed by atoms with Crippen molar-refractivity contribution in [3.8, 4) is 0 Å². The normalized spacial score (nSPS) is 21.1. The molecule has 0 N–H and O–H groups in total. The van der Waals surface area contributed by atoms with Gasteiger partial charge in [-0.1, -0.05) is 13.0 Å². The second-order valence-corrected chi connectivity index (χ2v) is 8.73. The van der Waals surface area contributed by atoms with Crippen LogP contribution in [0.5, 0.6) is 0 Å². The molecule has 0 radical (unpaired) electrons. The number of hydrogen-bond acceptors (Lipinski definition) is 7. The van der Waals surface area contributed by atoms with Crippen molar-refractivity contribution in [2.24, 2.45) is 0 Å². The summed E-state index contributed by atoms with van der Waals surface area (Å²) in [5.74, 6) is 1.97. The molecule has 1 saturated carbocycles. The highest BCUT2D eigenvalue weighted by Crippen LogP contribution is 2.40. The van der Waals surface area contributed by atoms with Gasteiger partial charge in [0.2, 0.25) is 0 Å². The largest absolute Gasteiger partial charge is 0.447 e. The first-order chi connectivity index (χ1) is 15.5. The third-order valence-electron chi connectivity index (χ3n) is 6.52. The summed E-state index contributed by atoms with van der Waals surface area (Å²) in [6.45, 7) is 7.11. The van der Waals surface area contributed by atoms with Crippen molar-refractivity contribution in [3.63, 3.8) is 0 Å².